The van der Waals surface area contributed by atoms with Crippen molar-refractivity contribution in [3.8, 4) is 11.5 Å². The van der Waals surface area contributed by atoms with Gasteiger partial charge in [0.25, 0.3) is 0 Å². The van der Waals surface area contributed by atoms with Gasteiger partial charge in [-0.15, -0.1) is 0 Å². The molecule has 0 fully saturated rings. The monoisotopic (exact) mass is 209 g/mol. The van der Waals surface area contributed by atoms with Gasteiger partial charge >= 0.3 is 0 Å². The molecule has 1 rings (SSSR count). The molecule has 0 unspecified atom stereocenters. The van der Waals surface area contributed by atoms with E-state index in [0.717, 1.165) is 12.8 Å². The first-order chi connectivity index (χ1) is 7.13. The molecule has 0 aliphatic heterocycles. The molecular formula is C11H15NO3. The lowest BCUT2D eigenvalue weighted by Gasteiger charge is -2.07. The lowest BCUT2D eigenvalue weighted by Crippen LogP contribution is -2.10. The Bertz CT molecular complexity index is 350. The fourth-order valence-corrected chi connectivity index (χ4v) is 1.17. The van der Waals surface area contributed by atoms with Crippen LogP contribution in [0.1, 0.15) is 26.2 Å². The topological polar surface area (TPSA) is 69.6 Å². The van der Waals surface area contributed by atoms with Crippen molar-refractivity contribution in [2.45, 2.75) is 26.2 Å². The van der Waals surface area contributed by atoms with Crippen LogP contribution in [0.25, 0.3) is 0 Å². The lowest BCUT2D eigenvalue weighted by molar-refractivity contribution is -0.116. The first-order valence-electron chi connectivity index (χ1n) is 4.95. The molecule has 0 spiro atoms. The second kappa shape index (κ2) is 5.24. The van der Waals surface area contributed by atoms with Crippen LogP contribution in [-0.2, 0) is 4.79 Å². The van der Waals surface area contributed by atoms with Crippen molar-refractivity contribution in [2.24, 2.45) is 0 Å². The SMILES string of the molecule is CCCCC(=O)Nc1cc(O)ccc1O. The zero-order valence-electron chi connectivity index (χ0n) is 8.66. The summed E-state index contributed by atoms with van der Waals surface area (Å²) >= 11 is 0. The highest BCUT2D eigenvalue weighted by atomic mass is 16.3. The van der Waals surface area contributed by atoms with Crippen LogP contribution in [0.4, 0.5) is 5.69 Å². The number of amides is 1. The number of phenolic OH excluding ortho intramolecular Hbond substituents is 2. The number of carbonyl (C=O) groups excluding carboxylic acids is 1. The van der Waals surface area contributed by atoms with Crippen molar-refractivity contribution in [3.63, 3.8) is 0 Å². The van der Waals surface area contributed by atoms with Crippen LogP contribution >= 0.6 is 0 Å². The second-order valence-corrected chi connectivity index (χ2v) is 3.35. The molecule has 3 N–H and O–H groups in total. The summed E-state index contributed by atoms with van der Waals surface area (Å²) in [6.07, 6.45) is 2.18. The summed E-state index contributed by atoms with van der Waals surface area (Å²) in [6, 6.07) is 4.01. The number of unbranched alkanes of at least 4 members (excludes halogenated alkanes) is 1. The van der Waals surface area contributed by atoms with E-state index in [2.05, 4.69) is 5.32 Å². The number of anilines is 1. The number of benzene rings is 1. The smallest absolute Gasteiger partial charge is 0.224 e. The number of phenols is 2. The fourth-order valence-electron chi connectivity index (χ4n) is 1.17. The Morgan fingerprint density at radius 3 is 2.80 bits per heavy atom. The van der Waals surface area contributed by atoms with Crippen LogP contribution in [0.2, 0.25) is 0 Å². The highest BCUT2D eigenvalue weighted by Crippen LogP contribution is 2.27. The minimum absolute atomic E-state index is 0.0126. The van der Waals surface area contributed by atoms with Gasteiger partial charge in [0.1, 0.15) is 11.5 Å². The van der Waals surface area contributed by atoms with Gasteiger partial charge in [0.15, 0.2) is 0 Å². The van der Waals surface area contributed by atoms with Gasteiger partial charge in [-0.2, -0.15) is 0 Å². The maximum absolute atomic E-state index is 11.3. The Morgan fingerprint density at radius 1 is 1.40 bits per heavy atom. The van der Waals surface area contributed by atoms with E-state index in [4.69, 9.17) is 5.11 Å². The summed E-state index contributed by atoms with van der Waals surface area (Å²) in [5.41, 5.74) is 0.246. The van der Waals surface area contributed by atoms with Crippen LogP contribution in [0.15, 0.2) is 18.2 Å². The number of rotatable bonds is 4. The molecule has 4 nitrogen and oxygen atoms in total. The van der Waals surface area contributed by atoms with Crippen LogP contribution in [-0.4, -0.2) is 16.1 Å². The van der Waals surface area contributed by atoms with Gasteiger partial charge in [-0.25, -0.2) is 0 Å². The molecule has 0 heterocycles. The van der Waals surface area contributed by atoms with Crippen molar-refractivity contribution >= 4 is 11.6 Å². The van der Waals surface area contributed by atoms with Gasteiger partial charge < -0.3 is 15.5 Å². The molecule has 0 aliphatic carbocycles. The highest BCUT2D eigenvalue weighted by Gasteiger charge is 2.06. The molecule has 1 aromatic carbocycles. The number of hydrogen-bond donors (Lipinski definition) is 3. The zero-order chi connectivity index (χ0) is 11.3. The molecule has 0 saturated heterocycles. The summed E-state index contributed by atoms with van der Waals surface area (Å²) in [5.74, 6) is -0.186. The normalized spacial score (nSPS) is 9.93. The minimum atomic E-state index is -0.155. The van der Waals surface area contributed by atoms with E-state index in [-0.39, 0.29) is 23.1 Å². The van der Waals surface area contributed by atoms with E-state index in [1.165, 1.54) is 18.2 Å². The van der Waals surface area contributed by atoms with E-state index in [9.17, 15) is 9.90 Å². The Kier molecular flexibility index (Phi) is 3.97. The van der Waals surface area contributed by atoms with Gasteiger partial charge in [0.2, 0.25) is 5.91 Å². The van der Waals surface area contributed by atoms with Crippen LogP contribution in [0.3, 0.4) is 0 Å². The molecular weight excluding hydrogens is 194 g/mol. The first kappa shape index (κ1) is 11.4. The van der Waals surface area contributed by atoms with Crippen LogP contribution in [0, 0.1) is 0 Å². The van der Waals surface area contributed by atoms with E-state index in [0.29, 0.717) is 6.42 Å². The summed E-state index contributed by atoms with van der Waals surface area (Å²) in [7, 11) is 0. The van der Waals surface area contributed by atoms with Crippen LogP contribution in [0.5, 0.6) is 11.5 Å². The van der Waals surface area contributed by atoms with Crippen molar-refractivity contribution < 1.29 is 15.0 Å². The van der Waals surface area contributed by atoms with Crippen molar-refractivity contribution in [1.82, 2.24) is 0 Å². The summed E-state index contributed by atoms with van der Waals surface area (Å²) in [5, 5.41) is 21.1. The molecule has 4 heteroatoms. The molecule has 15 heavy (non-hydrogen) atoms. The molecule has 0 bridgehead atoms. The molecule has 0 aromatic heterocycles. The predicted molar refractivity (Wildman–Crippen MR) is 57.9 cm³/mol. The standard InChI is InChI=1S/C11H15NO3/c1-2-3-4-11(15)12-9-7-8(13)5-6-10(9)14/h5-7,13-14H,2-4H2,1H3,(H,12,15). The number of carbonyl (C=O) groups is 1. The zero-order valence-corrected chi connectivity index (χ0v) is 8.66. The molecule has 0 atom stereocenters. The molecule has 0 aliphatic rings. The Labute approximate surface area is 88.6 Å². The summed E-state index contributed by atoms with van der Waals surface area (Å²) in [6.45, 7) is 2.00. The second-order valence-electron chi connectivity index (χ2n) is 3.35. The average Bonchev–Trinajstić information content (AvgIpc) is 2.20. The van der Waals surface area contributed by atoms with Gasteiger partial charge in [0.05, 0.1) is 5.69 Å². The Balaban J connectivity index is 2.63. The largest absolute Gasteiger partial charge is 0.508 e. The van der Waals surface area contributed by atoms with Gasteiger partial charge in [-0.05, 0) is 18.6 Å². The third-order valence-corrected chi connectivity index (χ3v) is 2.01. The number of nitrogens with one attached hydrogen (secondary N) is 1. The molecule has 82 valence electrons. The third kappa shape index (κ3) is 3.50. The van der Waals surface area contributed by atoms with Crippen LogP contribution < -0.4 is 5.32 Å². The van der Waals surface area contributed by atoms with Gasteiger partial charge in [-0.3, -0.25) is 4.79 Å². The molecule has 0 saturated carbocycles. The third-order valence-electron chi connectivity index (χ3n) is 2.01. The molecule has 1 amide bonds. The van der Waals surface area contributed by atoms with E-state index >= 15 is 0 Å². The minimum Gasteiger partial charge on any atom is -0.508 e. The average molecular weight is 209 g/mol. The van der Waals surface area contributed by atoms with Gasteiger partial charge in [0, 0.05) is 12.5 Å². The quantitative estimate of drug-likeness (QED) is 0.526. The maximum atomic E-state index is 11.3. The highest BCUT2D eigenvalue weighted by molar-refractivity contribution is 5.92. The van der Waals surface area contributed by atoms with Crippen molar-refractivity contribution in [1.29, 1.82) is 0 Å². The van der Waals surface area contributed by atoms with E-state index in [1.54, 1.807) is 0 Å². The van der Waals surface area contributed by atoms with Gasteiger partial charge in [-0.1, -0.05) is 13.3 Å². The van der Waals surface area contributed by atoms with E-state index < -0.39 is 0 Å². The van der Waals surface area contributed by atoms with Crippen molar-refractivity contribution in [2.75, 3.05) is 5.32 Å². The molecule has 0 radical (unpaired) electrons. The summed E-state index contributed by atoms with van der Waals surface area (Å²) in [4.78, 5) is 11.3. The van der Waals surface area contributed by atoms with E-state index in [1.807, 2.05) is 6.92 Å². The first-order valence-corrected chi connectivity index (χ1v) is 4.95. The Hall–Kier alpha value is -1.71. The maximum Gasteiger partial charge on any atom is 0.224 e. The predicted octanol–water partition coefficient (Wildman–Crippen LogP) is 2.23. The number of aromatic hydroxyl groups is 2. The molecule has 1 aromatic rings. The lowest BCUT2D eigenvalue weighted by atomic mass is 10.2. The fraction of sp³-hybridized carbons (Fsp3) is 0.364. The number of hydrogen-bond acceptors (Lipinski definition) is 3. The van der Waals surface area contributed by atoms with Crippen molar-refractivity contribution in [3.05, 3.63) is 18.2 Å². The summed E-state index contributed by atoms with van der Waals surface area (Å²) < 4.78 is 0. The Morgan fingerprint density at radius 2 is 2.13 bits per heavy atom.